The molecule has 0 unspecified atom stereocenters. The third-order valence-electron chi connectivity index (χ3n) is 7.55. The molecule has 0 saturated heterocycles. The van der Waals surface area contributed by atoms with Crippen LogP contribution < -0.4 is 25.4 Å². The molecule has 5 rings (SSSR count). The Labute approximate surface area is 267 Å². The van der Waals surface area contributed by atoms with Gasteiger partial charge in [-0.1, -0.05) is 26.3 Å². The lowest BCUT2D eigenvalue weighted by Crippen LogP contribution is -2.46. The molecule has 12 nitrogen and oxygen atoms in total. The Balaban J connectivity index is 1.55. The number of methoxy groups -OCH3 is 1. The lowest BCUT2D eigenvalue weighted by atomic mass is 10.1. The molecule has 13 heteroatoms. The highest BCUT2D eigenvalue weighted by molar-refractivity contribution is 5.95. The third kappa shape index (κ3) is 9.05. The molecule has 2 aromatic carbocycles. The number of ether oxygens (including phenoxy) is 2. The van der Waals surface area contributed by atoms with Crippen LogP contribution in [0.5, 0.6) is 17.2 Å². The van der Waals surface area contributed by atoms with Gasteiger partial charge >= 0.3 is 0 Å². The minimum atomic E-state index is -0.774. The van der Waals surface area contributed by atoms with Crippen LogP contribution in [0.15, 0.2) is 42.5 Å². The molecule has 246 valence electrons. The van der Waals surface area contributed by atoms with Crippen molar-refractivity contribution in [1.29, 1.82) is 0 Å². The number of aromatic amines is 1. The average Bonchev–Trinajstić information content (AvgIpc) is 3.52. The van der Waals surface area contributed by atoms with Gasteiger partial charge in [-0.25, -0.2) is 4.39 Å². The van der Waals surface area contributed by atoms with Gasteiger partial charge in [-0.3, -0.25) is 24.3 Å². The molecule has 0 fully saturated rings. The zero-order valence-corrected chi connectivity index (χ0v) is 26.4. The van der Waals surface area contributed by atoms with Crippen molar-refractivity contribution in [1.82, 2.24) is 31.0 Å². The lowest BCUT2D eigenvalue weighted by Gasteiger charge is -2.22. The summed E-state index contributed by atoms with van der Waals surface area (Å²) in [5, 5.41) is 15.4. The van der Waals surface area contributed by atoms with E-state index in [0.717, 1.165) is 18.5 Å². The molecule has 46 heavy (non-hydrogen) atoms. The van der Waals surface area contributed by atoms with E-state index in [1.54, 1.807) is 36.1 Å². The summed E-state index contributed by atoms with van der Waals surface area (Å²) in [7, 11) is 1.44. The largest absolute Gasteiger partial charge is 0.493 e. The normalized spacial score (nSPS) is 17.0. The van der Waals surface area contributed by atoms with Gasteiger partial charge in [0.2, 0.25) is 11.8 Å². The summed E-state index contributed by atoms with van der Waals surface area (Å²) in [5.41, 5.74) is 1.91. The number of H-pyrrole nitrogens is 1. The van der Waals surface area contributed by atoms with Crippen molar-refractivity contribution in [2.75, 3.05) is 26.7 Å². The summed E-state index contributed by atoms with van der Waals surface area (Å²) >= 11 is 0. The van der Waals surface area contributed by atoms with E-state index >= 15 is 4.39 Å². The van der Waals surface area contributed by atoms with Gasteiger partial charge in [0.15, 0.2) is 23.1 Å². The maximum absolute atomic E-state index is 15.0. The number of aromatic nitrogens is 2. The minimum absolute atomic E-state index is 0.0333. The van der Waals surface area contributed by atoms with Crippen LogP contribution in [0.2, 0.25) is 0 Å². The molecular formula is C33H41FN6O6. The van der Waals surface area contributed by atoms with Crippen LogP contribution in [-0.4, -0.2) is 71.5 Å². The van der Waals surface area contributed by atoms with E-state index < -0.39 is 17.8 Å². The first-order valence-corrected chi connectivity index (χ1v) is 15.6. The number of rotatable bonds is 5. The number of carbonyl (C=O) groups excluding carboxylic acids is 4. The van der Waals surface area contributed by atoms with Crippen LogP contribution in [0.4, 0.5) is 4.39 Å². The fraction of sp³-hybridized carbons (Fsp3) is 0.424. The summed E-state index contributed by atoms with van der Waals surface area (Å²) in [5.74, 6) is -1.69. The van der Waals surface area contributed by atoms with Gasteiger partial charge in [0.05, 0.1) is 7.11 Å². The van der Waals surface area contributed by atoms with Gasteiger partial charge in [0.25, 0.3) is 11.8 Å². The average molecular weight is 637 g/mol. The van der Waals surface area contributed by atoms with Gasteiger partial charge in [0.1, 0.15) is 11.7 Å². The summed E-state index contributed by atoms with van der Waals surface area (Å²) in [6.07, 6.45) is 2.90. The fourth-order valence-electron chi connectivity index (χ4n) is 5.03. The van der Waals surface area contributed by atoms with Crippen molar-refractivity contribution < 1.29 is 33.0 Å². The number of halogens is 1. The molecule has 4 N–H and O–H groups in total. The number of hydrogen-bond acceptors (Lipinski definition) is 7. The van der Waals surface area contributed by atoms with E-state index in [9.17, 15) is 19.2 Å². The van der Waals surface area contributed by atoms with E-state index in [0.29, 0.717) is 37.1 Å². The van der Waals surface area contributed by atoms with Crippen molar-refractivity contribution in [3.8, 4) is 17.2 Å². The number of fused-ring (bicyclic) bond motifs is 16. The summed E-state index contributed by atoms with van der Waals surface area (Å²) in [6, 6.07) is 9.84. The number of amides is 4. The van der Waals surface area contributed by atoms with Gasteiger partial charge in [-0.2, -0.15) is 5.10 Å². The minimum Gasteiger partial charge on any atom is -0.493 e. The van der Waals surface area contributed by atoms with Crippen molar-refractivity contribution >= 4 is 23.6 Å². The number of aryl methyl sites for hydroxylation is 1. The molecule has 0 spiro atoms. The predicted molar refractivity (Wildman–Crippen MR) is 168 cm³/mol. The third-order valence-corrected chi connectivity index (χ3v) is 7.55. The molecule has 0 aliphatic carbocycles. The Hall–Kier alpha value is -4.94. The van der Waals surface area contributed by atoms with E-state index in [1.165, 1.54) is 25.3 Å². The lowest BCUT2D eigenvalue weighted by molar-refractivity contribution is -0.129. The zero-order valence-electron chi connectivity index (χ0n) is 26.4. The van der Waals surface area contributed by atoms with E-state index in [4.69, 9.17) is 9.47 Å². The van der Waals surface area contributed by atoms with Gasteiger partial charge < -0.3 is 30.3 Å². The summed E-state index contributed by atoms with van der Waals surface area (Å²) < 4.78 is 26.2. The Morgan fingerprint density at radius 1 is 1.04 bits per heavy atom. The monoisotopic (exact) mass is 636 g/mol. The van der Waals surface area contributed by atoms with Crippen LogP contribution in [0.25, 0.3) is 0 Å². The first-order valence-electron chi connectivity index (χ1n) is 15.6. The van der Waals surface area contributed by atoms with Gasteiger partial charge in [-0.15, -0.1) is 0 Å². The molecule has 1 atom stereocenters. The van der Waals surface area contributed by atoms with E-state index in [2.05, 4.69) is 26.1 Å². The molecular weight excluding hydrogens is 595 g/mol. The summed E-state index contributed by atoms with van der Waals surface area (Å²) in [6.45, 7) is 4.69. The van der Waals surface area contributed by atoms with Crippen molar-refractivity contribution in [3.05, 3.63) is 70.8 Å². The SMILES string of the molecule is CCCc1cc(C(=O)N2CCCNC(=O)c3ccc(OC)c(c3)Oc3ccc(cc3F)CNC(=O)[C@H](CC)NC(=O)CCC2)n[nH]1. The number of benzene rings is 2. The van der Waals surface area contributed by atoms with Gasteiger partial charge in [-0.05, 0) is 67.6 Å². The number of nitrogens with zero attached hydrogens (tertiary/aromatic N) is 2. The molecule has 0 saturated carbocycles. The van der Waals surface area contributed by atoms with Crippen molar-refractivity contribution in [2.24, 2.45) is 0 Å². The molecule has 4 amide bonds. The highest BCUT2D eigenvalue weighted by atomic mass is 19.1. The smallest absolute Gasteiger partial charge is 0.274 e. The topological polar surface area (TPSA) is 155 Å². The zero-order chi connectivity index (χ0) is 33.1. The van der Waals surface area contributed by atoms with Crippen LogP contribution in [0, 0.1) is 5.82 Å². The number of nitrogens with one attached hydrogen (secondary N) is 4. The van der Waals surface area contributed by atoms with Crippen LogP contribution in [0.1, 0.15) is 78.1 Å². The second kappa shape index (κ2) is 16.4. The molecule has 2 aliphatic rings. The second-order valence-electron chi connectivity index (χ2n) is 11.0. The Morgan fingerprint density at radius 2 is 1.85 bits per heavy atom. The van der Waals surface area contributed by atoms with Crippen LogP contribution in [0.3, 0.4) is 0 Å². The van der Waals surface area contributed by atoms with E-state index in [1.807, 2.05) is 6.92 Å². The molecule has 3 heterocycles. The van der Waals surface area contributed by atoms with Crippen LogP contribution >= 0.6 is 0 Å². The summed E-state index contributed by atoms with van der Waals surface area (Å²) in [4.78, 5) is 53.6. The van der Waals surface area contributed by atoms with Crippen LogP contribution in [-0.2, 0) is 22.6 Å². The highest BCUT2D eigenvalue weighted by Gasteiger charge is 2.22. The Bertz CT molecular complexity index is 1540. The Kier molecular flexibility index (Phi) is 12.1. The Morgan fingerprint density at radius 3 is 2.59 bits per heavy atom. The predicted octanol–water partition coefficient (Wildman–Crippen LogP) is 3.87. The second-order valence-corrected chi connectivity index (χ2v) is 11.0. The first-order chi connectivity index (χ1) is 22.2. The molecule has 4 bridgehead atoms. The number of hydrogen-bond donors (Lipinski definition) is 4. The quantitative estimate of drug-likeness (QED) is 0.332. The van der Waals surface area contributed by atoms with Gasteiger partial charge in [0, 0.05) is 43.9 Å². The number of carbonyl (C=O) groups is 4. The highest BCUT2D eigenvalue weighted by Crippen LogP contribution is 2.34. The standard InChI is InChI=1S/C33H41FN6O6/c1-4-8-23-19-26(39-38-23)33(44)40-15-6-9-30(41)37-25(5-2)32(43)36-20-21-10-12-27(24(34)17-21)46-29-18-22(11-13-28(29)45-3)31(42)35-14-7-16-40/h10-13,17-19,25H,4-9,14-16,20H2,1-3H3,(H,35,42)(H,36,43)(H,37,41)(H,38,39)/t25-/m0/s1. The van der Waals surface area contributed by atoms with Crippen molar-refractivity contribution in [3.63, 3.8) is 0 Å². The molecule has 2 aliphatic heterocycles. The van der Waals surface area contributed by atoms with E-state index in [-0.39, 0.29) is 66.5 Å². The maximum atomic E-state index is 15.0. The fourth-order valence-corrected chi connectivity index (χ4v) is 5.03. The molecule has 1 aromatic heterocycles. The van der Waals surface area contributed by atoms with Crippen molar-refractivity contribution in [2.45, 2.75) is 65.0 Å². The molecule has 0 radical (unpaired) electrons. The first kappa shape index (κ1) is 33.9. The molecule has 3 aromatic rings. The maximum Gasteiger partial charge on any atom is 0.274 e.